The molecule has 13 aromatic rings. The fraction of sp³-hybridized carbons (Fsp3) is 0.0154. The fourth-order valence-electron chi connectivity index (χ4n) is 11.1. The molecule has 0 saturated heterocycles. The number of benzene rings is 11. The molecule has 14 rings (SSSR count). The number of rotatable bonds is 6. The van der Waals surface area contributed by atoms with Gasteiger partial charge in [-0.1, -0.05) is 194 Å². The van der Waals surface area contributed by atoms with Gasteiger partial charge < -0.3 is 0 Å². The number of hydrogen-bond acceptors (Lipinski definition) is 3. The Morgan fingerprint density at radius 2 is 0.647 bits per heavy atom. The minimum Gasteiger partial charge on any atom is -0.252 e. The summed E-state index contributed by atoms with van der Waals surface area (Å²) in [6.07, 6.45) is 4.56. The number of thiophene rings is 1. The minimum atomic E-state index is 0.913. The molecule has 0 aliphatic heterocycles. The molecule has 0 bridgehead atoms. The quantitative estimate of drug-likeness (QED) is 0.156. The van der Waals surface area contributed by atoms with Gasteiger partial charge in [-0.3, -0.25) is 9.97 Å². The molecule has 2 heterocycles. The SMILES string of the molecule is c1ccc(-c2cccc3c2Cc2c(-c4cccc(-c5ccc6c7ccc(-c8cccc(-c9cccc%10c9sc9c(-c%11ccccc%11)cccc9%10)c8)cc7c7nccnc7c6c5)c4)cccc2-3)cc1. The van der Waals surface area contributed by atoms with Crippen LogP contribution in [0.1, 0.15) is 11.1 Å². The van der Waals surface area contributed by atoms with Crippen molar-refractivity contribution in [1.82, 2.24) is 9.97 Å². The third-order valence-electron chi connectivity index (χ3n) is 14.2. The zero-order valence-corrected chi connectivity index (χ0v) is 37.8. The van der Waals surface area contributed by atoms with Gasteiger partial charge in [-0.15, -0.1) is 11.3 Å². The van der Waals surface area contributed by atoms with Crippen LogP contribution in [-0.4, -0.2) is 9.97 Å². The molecule has 11 aromatic carbocycles. The van der Waals surface area contributed by atoms with E-state index in [4.69, 9.17) is 9.97 Å². The Morgan fingerprint density at radius 3 is 1.19 bits per heavy atom. The Labute approximate surface area is 398 Å². The van der Waals surface area contributed by atoms with Gasteiger partial charge in [0.2, 0.25) is 0 Å². The summed E-state index contributed by atoms with van der Waals surface area (Å²) in [6, 6.07) is 80.3. The lowest BCUT2D eigenvalue weighted by Gasteiger charge is -2.14. The standard InChI is InChI=1S/C65H40N2S/c1-3-13-40(14-4-1)48-21-9-25-52-53-26-10-22-49(59(53)39-58(48)52)46-19-7-17-42(35-46)44-29-31-54-55-32-30-45(38-61(55)63-62(60(54)37-44)66-33-34-67-63)43-18-8-20-47(36-43)51-24-12-28-57-56-27-11-23-50(64(56)68-65(51)57)41-15-5-2-6-16-41/h1-38H,39H2. The van der Waals surface area contributed by atoms with Crippen LogP contribution in [0.2, 0.25) is 0 Å². The average Bonchev–Trinajstić information content (AvgIpc) is 4.00. The molecule has 2 nitrogen and oxygen atoms in total. The van der Waals surface area contributed by atoms with E-state index in [1.807, 2.05) is 23.7 Å². The van der Waals surface area contributed by atoms with Crippen LogP contribution in [0.25, 0.3) is 131 Å². The van der Waals surface area contributed by atoms with Gasteiger partial charge in [-0.25, -0.2) is 0 Å². The van der Waals surface area contributed by atoms with E-state index in [9.17, 15) is 0 Å². The van der Waals surface area contributed by atoms with Crippen molar-refractivity contribution in [3.8, 4) is 77.9 Å². The molecule has 1 aliphatic carbocycles. The van der Waals surface area contributed by atoms with Crippen molar-refractivity contribution in [2.45, 2.75) is 6.42 Å². The van der Waals surface area contributed by atoms with Crippen molar-refractivity contribution in [2.24, 2.45) is 0 Å². The van der Waals surface area contributed by atoms with E-state index in [0.29, 0.717) is 0 Å². The maximum Gasteiger partial charge on any atom is 0.0971 e. The molecule has 0 spiro atoms. The highest BCUT2D eigenvalue weighted by Crippen LogP contribution is 2.47. The first-order valence-electron chi connectivity index (χ1n) is 23.3. The Hall–Kier alpha value is -8.50. The maximum atomic E-state index is 5.01. The molecule has 0 saturated carbocycles. The largest absolute Gasteiger partial charge is 0.252 e. The first-order valence-corrected chi connectivity index (χ1v) is 24.1. The number of fused-ring (bicyclic) bond motifs is 12. The van der Waals surface area contributed by atoms with Gasteiger partial charge in [0.25, 0.3) is 0 Å². The van der Waals surface area contributed by atoms with E-state index in [-0.39, 0.29) is 0 Å². The van der Waals surface area contributed by atoms with Gasteiger partial charge >= 0.3 is 0 Å². The van der Waals surface area contributed by atoms with E-state index in [0.717, 1.165) is 39.4 Å². The molecule has 0 radical (unpaired) electrons. The molecular formula is C65H40N2S. The maximum absolute atomic E-state index is 5.01. The summed E-state index contributed by atoms with van der Waals surface area (Å²) in [6.45, 7) is 0. The van der Waals surface area contributed by atoms with Gasteiger partial charge in [0.1, 0.15) is 0 Å². The molecule has 316 valence electrons. The summed E-state index contributed by atoms with van der Waals surface area (Å²) < 4.78 is 2.64. The van der Waals surface area contributed by atoms with Crippen LogP contribution in [0.15, 0.2) is 231 Å². The molecule has 2 aromatic heterocycles. The highest BCUT2D eigenvalue weighted by molar-refractivity contribution is 7.26. The van der Waals surface area contributed by atoms with Crippen molar-refractivity contribution in [2.75, 3.05) is 0 Å². The summed E-state index contributed by atoms with van der Waals surface area (Å²) in [7, 11) is 0. The average molecular weight is 881 g/mol. The molecule has 3 heteroatoms. The van der Waals surface area contributed by atoms with Gasteiger partial charge in [0, 0.05) is 43.3 Å². The van der Waals surface area contributed by atoms with E-state index in [1.54, 1.807) is 0 Å². The van der Waals surface area contributed by atoms with Crippen LogP contribution in [0.3, 0.4) is 0 Å². The number of nitrogens with zero attached hydrogens (tertiary/aromatic N) is 2. The predicted molar refractivity (Wildman–Crippen MR) is 288 cm³/mol. The Morgan fingerprint density at radius 1 is 0.265 bits per heavy atom. The smallest absolute Gasteiger partial charge is 0.0971 e. The van der Waals surface area contributed by atoms with Crippen LogP contribution in [0, 0.1) is 0 Å². The molecule has 68 heavy (non-hydrogen) atoms. The second-order valence-corrected chi connectivity index (χ2v) is 19.0. The lowest BCUT2D eigenvalue weighted by molar-refractivity contribution is 1.26. The summed E-state index contributed by atoms with van der Waals surface area (Å²) >= 11 is 1.90. The molecule has 0 N–H and O–H groups in total. The van der Waals surface area contributed by atoms with Crippen molar-refractivity contribution in [1.29, 1.82) is 0 Å². The highest BCUT2D eigenvalue weighted by atomic mass is 32.1. The van der Waals surface area contributed by atoms with Crippen molar-refractivity contribution < 1.29 is 0 Å². The van der Waals surface area contributed by atoms with E-state index in [2.05, 4.69) is 218 Å². The van der Waals surface area contributed by atoms with Crippen molar-refractivity contribution >= 4 is 64.1 Å². The topological polar surface area (TPSA) is 25.8 Å². The molecule has 0 atom stereocenters. The molecular weight excluding hydrogens is 841 g/mol. The second-order valence-electron chi connectivity index (χ2n) is 18.0. The first-order chi connectivity index (χ1) is 33.7. The molecule has 0 amide bonds. The van der Waals surface area contributed by atoms with E-state index in [1.165, 1.54) is 109 Å². The zero-order chi connectivity index (χ0) is 44.7. The fourth-order valence-corrected chi connectivity index (χ4v) is 12.4. The van der Waals surface area contributed by atoms with Gasteiger partial charge in [0.15, 0.2) is 0 Å². The van der Waals surface area contributed by atoms with Gasteiger partial charge in [-0.05, 0) is 130 Å². The minimum absolute atomic E-state index is 0.913. The lowest BCUT2D eigenvalue weighted by Crippen LogP contribution is -1.91. The molecule has 0 fully saturated rings. The van der Waals surface area contributed by atoms with Crippen LogP contribution in [0.5, 0.6) is 0 Å². The van der Waals surface area contributed by atoms with E-state index < -0.39 is 0 Å². The number of hydrogen-bond donors (Lipinski definition) is 0. The van der Waals surface area contributed by atoms with Gasteiger partial charge in [0.05, 0.1) is 11.0 Å². The molecule has 0 unspecified atom stereocenters. The third kappa shape index (κ3) is 6.17. The second kappa shape index (κ2) is 15.6. The summed E-state index contributed by atoms with van der Waals surface area (Å²) in [4.78, 5) is 10.0. The Balaban J connectivity index is 0.832. The van der Waals surface area contributed by atoms with Crippen LogP contribution in [0.4, 0.5) is 0 Å². The van der Waals surface area contributed by atoms with Crippen molar-refractivity contribution in [3.05, 3.63) is 242 Å². The summed E-state index contributed by atoms with van der Waals surface area (Å²) in [5.74, 6) is 0. The highest BCUT2D eigenvalue weighted by Gasteiger charge is 2.25. The van der Waals surface area contributed by atoms with Crippen LogP contribution >= 0.6 is 11.3 Å². The summed E-state index contributed by atoms with van der Waals surface area (Å²) in [5.41, 5.74) is 22.1. The van der Waals surface area contributed by atoms with Gasteiger partial charge in [-0.2, -0.15) is 0 Å². The Bertz CT molecular complexity index is 4150. The normalized spacial score (nSPS) is 12.1. The summed E-state index contributed by atoms with van der Waals surface area (Å²) in [5, 5.41) is 7.16. The molecule has 1 aliphatic rings. The van der Waals surface area contributed by atoms with Crippen LogP contribution < -0.4 is 0 Å². The first kappa shape index (κ1) is 38.7. The lowest BCUT2D eigenvalue weighted by atomic mass is 9.91. The third-order valence-corrected chi connectivity index (χ3v) is 15.5. The van der Waals surface area contributed by atoms with E-state index >= 15 is 0 Å². The van der Waals surface area contributed by atoms with Crippen LogP contribution in [-0.2, 0) is 6.42 Å². The predicted octanol–water partition coefficient (Wildman–Crippen LogP) is 17.9. The Kier molecular flexibility index (Phi) is 8.86. The zero-order valence-electron chi connectivity index (χ0n) is 36.9. The monoisotopic (exact) mass is 880 g/mol. The number of aromatic nitrogens is 2. The van der Waals surface area contributed by atoms with Crippen molar-refractivity contribution in [3.63, 3.8) is 0 Å².